The zero-order chi connectivity index (χ0) is 29.5. The van der Waals surface area contributed by atoms with Crippen molar-refractivity contribution in [3.8, 4) is 0 Å². The first kappa shape index (κ1) is 33.2. The van der Waals surface area contributed by atoms with Crippen LogP contribution >= 0.6 is 0 Å². The lowest BCUT2D eigenvalue weighted by molar-refractivity contribution is -0.157. The molecule has 222 valence electrons. The van der Waals surface area contributed by atoms with Gasteiger partial charge in [-0.3, -0.25) is 9.59 Å². The van der Waals surface area contributed by atoms with E-state index in [0.29, 0.717) is 6.42 Å². The molecule has 0 amide bonds. The van der Waals surface area contributed by atoms with Crippen molar-refractivity contribution in [2.75, 3.05) is 0 Å². The smallest absolute Gasteiger partial charge is 0.309 e. The average molecular weight is 553 g/mol. The van der Waals surface area contributed by atoms with Crippen LogP contribution < -0.4 is 0 Å². The molecule has 0 saturated carbocycles. The van der Waals surface area contributed by atoms with Crippen molar-refractivity contribution in [2.24, 2.45) is 17.8 Å². The van der Waals surface area contributed by atoms with Gasteiger partial charge in [0.25, 0.3) is 0 Å². The number of rotatable bonds is 7. The molecule has 4 N–H and O–H groups in total. The Kier molecular flexibility index (Phi) is 12.4. The molecule has 0 aromatic heterocycles. The van der Waals surface area contributed by atoms with E-state index in [0.717, 1.165) is 5.57 Å². The van der Waals surface area contributed by atoms with Crippen molar-refractivity contribution in [2.45, 2.75) is 122 Å². The number of allylic oxidation sites excluding steroid dienone is 3. The molecule has 11 atom stereocenters. The largest absolute Gasteiger partial charge is 0.457 e. The highest BCUT2D eigenvalue weighted by molar-refractivity contribution is 5.70. The molecule has 0 aromatic rings. The van der Waals surface area contributed by atoms with Crippen LogP contribution in [0, 0.1) is 17.8 Å². The molecule has 1 saturated heterocycles. The van der Waals surface area contributed by atoms with Crippen LogP contribution in [0.4, 0.5) is 0 Å². The monoisotopic (exact) mass is 552 g/mol. The van der Waals surface area contributed by atoms with Crippen LogP contribution in [-0.2, 0) is 23.8 Å². The summed E-state index contributed by atoms with van der Waals surface area (Å²) in [6.07, 6.45) is 4.91. The summed E-state index contributed by atoms with van der Waals surface area (Å²) in [6, 6.07) is 0. The minimum atomic E-state index is -1.42. The van der Waals surface area contributed by atoms with E-state index < -0.39 is 54.2 Å². The summed E-state index contributed by atoms with van der Waals surface area (Å²) in [7, 11) is 0. The summed E-state index contributed by atoms with van der Waals surface area (Å²) in [5, 5.41) is 42.1. The first-order valence-corrected chi connectivity index (χ1v) is 13.9. The summed E-state index contributed by atoms with van der Waals surface area (Å²) in [4.78, 5) is 24.3. The third-order valence-electron chi connectivity index (χ3n) is 7.77. The predicted molar refractivity (Wildman–Crippen MR) is 146 cm³/mol. The van der Waals surface area contributed by atoms with Gasteiger partial charge >= 0.3 is 11.9 Å². The Morgan fingerprint density at radius 2 is 1.90 bits per heavy atom. The van der Waals surface area contributed by atoms with Crippen LogP contribution in [0.1, 0.15) is 74.1 Å². The number of hydrogen-bond acceptors (Lipinski definition) is 9. The lowest BCUT2D eigenvalue weighted by Gasteiger charge is -2.32. The fourth-order valence-electron chi connectivity index (χ4n) is 5.23. The van der Waals surface area contributed by atoms with Crippen LogP contribution in [0.15, 0.2) is 36.0 Å². The number of esters is 2. The van der Waals surface area contributed by atoms with Gasteiger partial charge in [-0.2, -0.15) is 0 Å². The molecule has 0 aliphatic carbocycles. The number of aliphatic hydroxyl groups is 4. The highest BCUT2D eigenvalue weighted by atomic mass is 16.6. The highest BCUT2D eigenvalue weighted by Gasteiger charge is 2.42. The van der Waals surface area contributed by atoms with Crippen molar-refractivity contribution in [3.63, 3.8) is 0 Å². The number of ether oxygens (including phenoxy) is 3. The Labute approximate surface area is 232 Å². The van der Waals surface area contributed by atoms with Crippen LogP contribution in [0.2, 0.25) is 0 Å². The molecule has 1 fully saturated rings. The Balaban J connectivity index is 2.16. The summed E-state index contributed by atoms with van der Waals surface area (Å²) in [6.45, 7) is 12.2. The van der Waals surface area contributed by atoms with Crippen LogP contribution in [0.3, 0.4) is 0 Å². The molecule has 0 bridgehead atoms. The molecule has 0 aromatic carbocycles. The van der Waals surface area contributed by atoms with Gasteiger partial charge in [0.2, 0.25) is 0 Å². The second-order valence-electron chi connectivity index (χ2n) is 11.7. The molecule has 9 heteroatoms. The highest BCUT2D eigenvalue weighted by Crippen LogP contribution is 2.31. The minimum absolute atomic E-state index is 0.0194. The van der Waals surface area contributed by atoms with Crippen LogP contribution in [0.5, 0.6) is 0 Å². The van der Waals surface area contributed by atoms with E-state index in [9.17, 15) is 30.0 Å². The summed E-state index contributed by atoms with van der Waals surface area (Å²) in [5.41, 5.74) is -0.663. The van der Waals surface area contributed by atoms with E-state index in [1.165, 1.54) is 6.92 Å². The van der Waals surface area contributed by atoms with Crippen molar-refractivity contribution in [1.82, 2.24) is 0 Å². The maximum absolute atomic E-state index is 12.6. The van der Waals surface area contributed by atoms with Gasteiger partial charge < -0.3 is 34.6 Å². The van der Waals surface area contributed by atoms with Gasteiger partial charge in [0.05, 0.1) is 36.9 Å². The standard InChI is InChI=1S/C30H48O9/c1-17(15-24(33)29-20(4)27(35)21(5)37-29)9-8-10-18(2)28-19(3)11-12-25(38-22(6)31)30(7,36)14-13-23(32)16-26(34)39-28/h8-12,17,19-21,23-25,27-29,32-33,35-36H,13-16H2,1-7H3/b9-8+,12-11+,18-10+/t17-,19+,20+,21-,23-,24+,25+,27+,28+,29+,30+/m1/s1. The third kappa shape index (κ3) is 9.83. The van der Waals surface area contributed by atoms with Crippen LogP contribution in [0.25, 0.3) is 0 Å². The molecule has 2 aliphatic heterocycles. The molecule has 2 heterocycles. The number of carbonyl (C=O) groups excluding carboxylic acids is 2. The normalized spacial score (nSPS) is 39.4. The Morgan fingerprint density at radius 3 is 2.49 bits per heavy atom. The fraction of sp³-hybridized carbons (Fsp3) is 0.733. The Bertz CT molecular complexity index is 908. The van der Waals surface area contributed by atoms with E-state index in [1.54, 1.807) is 26.0 Å². The molecule has 2 rings (SSSR count). The molecular formula is C30H48O9. The quantitative estimate of drug-likeness (QED) is 0.213. The molecule has 0 spiro atoms. The number of carbonyl (C=O) groups is 2. The lowest BCUT2D eigenvalue weighted by atomic mass is 9.88. The summed E-state index contributed by atoms with van der Waals surface area (Å²) >= 11 is 0. The summed E-state index contributed by atoms with van der Waals surface area (Å²) in [5.74, 6) is -1.53. The molecule has 39 heavy (non-hydrogen) atoms. The Morgan fingerprint density at radius 1 is 1.23 bits per heavy atom. The first-order chi connectivity index (χ1) is 18.1. The van der Waals surface area contributed by atoms with Crippen molar-refractivity contribution < 1.29 is 44.2 Å². The van der Waals surface area contributed by atoms with Crippen molar-refractivity contribution in [1.29, 1.82) is 0 Å². The van der Waals surface area contributed by atoms with Crippen molar-refractivity contribution in [3.05, 3.63) is 36.0 Å². The molecular weight excluding hydrogens is 504 g/mol. The van der Waals surface area contributed by atoms with Gasteiger partial charge in [0, 0.05) is 18.8 Å². The predicted octanol–water partition coefficient (Wildman–Crippen LogP) is 2.99. The Hall–Kier alpha value is -2.04. The summed E-state index contributed by atoms with van der Waals surface area (Å²) < 4.78 is 16.9. The minimum Gasteiger partial charge on any atom is -0.457 e. The molecule has 2 aliphatic rings. The van der Waals surface area contributed by atoms with Gasteiger partial charge in [-0.05, 0) is 57.6 Å². The van der Waals surface area contributed by atoms with Gasteiger partial charge in [-0.25, -0.2) is 0 Å². The first-order valence-electron chi connectivity index (χ1n) is 13.9. The third-order valence-corrected chi connectivity index (χ3v) is 7.77. The van der Waals surface area contributed by atoms with Gasteiger partial charge in [-0.1, -0.05) is 45.1 Å². The van der Waals surface area contributed by atoms with Gasteiger partial charge in [0.15, 0.2) is 0 Å². The fourth-order valence-corrected chi connectivity index (χ4v) is 5.23. The number of hydrogen-bond donors (Lipinski definition) is 4. The van der Waals surface area contributed by atoms with E-state index >= 15 is 0 Å². The maximum Gasteiger partial charge on any atom is 0.309 e. The lowest BCUT2D eigenvalue weighted by Crippen LogP contribution is -2.42. The van der Waals surface area contributed by atoms with E-state index in [4.69, 9.17) is 14.2 Å². The van der Waals surface area contributed by atoms with E-state index in [1.807, 2.05) is 45.9 Å². The van der Waals surface area contributed by atoms with Crippen LogP contribution in [-0.4, -0.2) is 80.7 Å². The zero-order valence-electron chi connectivity index (χ0n) is 24.3. The average Bonchev–Trinajstić information content (AvgIpc) is 3.10. The second kappa shape index (κ2) is 14.6. The topological polar surface area (TPSA) is 143 Å². The van der Waals surface area contributed by atoms with Gasteiger partial charge in [0.1, 0.15) is 17.8 Å². The number of cyclic esters (lactones) is 1. The second-order valence-corrected chi connectivity index (χ2v) is 11.7. The number of aliphatic hydroxyl groups excluding tert-OH is 3. The van der Waals surface area contributed by atoms with Crippen molar-refractivity contribution >= 4 is 11.9 Å². The molecule has 0 radical (unpaired) electrons. The van der Waals surface area contributed by atoms with Gasteiger partial charge in [-0.15, -0.1) is 0 Å². The molecule has 9 nitrogen and oxygen atoms in total. The van der Waals surface area contributed by atoms with E-state index in [2.05, 4.69) is 0 Å². The zero-order valence-corrected chi connectivity index (χ0v) is 24.3. The molecule has 0 unspecified atom stereocenters. The maximum atomic E-state index is 12.6. The van der Waals surface area contributed by atoms with E-state index in [-0.39, 0.29) is 43.1 Å². The SMILES string of the molecule is CC(=O)O[C@H]1/C=C/[C@H](C)[C@H](/C(C)=C/C=C/[C@@H](C)C[C@H](O)[C@H]2O[C@H](C)[C@@H](O)[C@@H]2C)OC(=O)C[C@H](O)CC[C@]1(C)O.